The summed E-state index contributed by atoms with van der Waals surface area (Å²) >= 11 is 0. The molecule has 0 aliphatic carbocycles. The minimum Gasteiger partial charge on any atom is -0.497 e. The standard InChI is InChI=1S/C17H15NO/c1-19-14-7-6-13-10-17-15-5-3-2-4-12(15)8-9-18(17)16(13)11-14/h2-7,10-11H,8-9H2,1H3. The Balaban J connectivity index is 2.02. The van der Waals surface area contributed by atoms with Gasteiger partial charge in [0, 0.05) is 29.3 Å². The molecular formula is C17H15NO. The Morgan fingerprint density at radius 1 is 1.05 bits per heavy atom. The van der Waals surface area contributed by atoms with E-state index in [4.69, 9.17) is 4.74 Å². The molecule has 0 saturated carbocycles. The summed E-state index contributed by atoms with van der Waals surface area (Å²) in [5.74, 6) is 0.923. The minimum atomic E-state index is 0.923. The van der Waals surface area contributed by atoms with E-state index in [1.54, 1.807) is 7.11 Å². The number of fused-ring (bicyclic) bond motifs is 5. The predicted octanol–water partition coefficient (Wildman–Crippen LogP) is 3.87. The summed E-state index contributed by atoms with van der Waals surface area (Å²) in [5.41, 5.74) is 5.41. The van der Waals surface area contributed by atoms with Crippen LogP contribution in [0.15, 0.2) is 48.5 Å². The van der Waals surface area contributed by atoms with Crippen molar-refractivity contribution in [3.05, 3.63) is 54.1 Å². The van der Waals surface area contributed by atoms with Crippen LogP contribution >= 0.6 is 0 Å². The average Bonchev–Trinajstić information content (AvgIpc) is 2.85. The van der Waals surface area contributed by atoms with Gasteiger partial charge < -0.3 is 9.30 Å². The van der Waals surface area contributed by atoms with Crippen molar-refractivity contribution in [2.45, 2.75) is 13.0 Å². The lowest BCUT2D eigenvalue weighted by atomic mass is 9.99. The number of benzene rings is 2. The van der Waals surface area contributed by atoms with E-state index in [1.807, 2.05) is 6.07 Å². The topological polar surface area (TPSA) is 14.2 Å². The van der Waals surface area contributed by atoms with Crippen molar-refractivity contribution in [1.29, 1.82) is 0 Å². The number of methoxy groups -OCH3 is 1. The van der Waals surface area contributed by atoms with E-state index in [2.05, 4.69) is 47.0 Å². The summed E-state index contributed by atoms with van der Waals surface area (Å²) in [5, 5.41) is 1.28. The molecule has 19 heavy (non-hydrogen) atoms. The number of aromatic nitrogens is 1. The van der Waals surface area contributed by atoms with E-state index < -0.39 is 0 Å². The molecule has 2 nitrogen and oxygen atoms in total. The summed E-state index contributed by atoms with van der Waals surface area (Å²) in [6.45, 7) is 1.04. The fourth-order valence-corrected chi connectivity index (χ4v) is 3.05. The van der Waals surface area contributed by atoms with Crippen molar-refractivity contribution >= 4 is 10.9 Å². The van der Waals surface area contributed by atoms with Crippen LogP contribution in [0.4, 0.5) is 0 Å². The van der Waals surface area contributed by atoms with E-state index in [0.717, 1.165) is 18.7 Å². The van der Waals surface area contributed by atoms with Crippen LogP contribution < -0.4 is 4.74 Å². The Hall–Kier alpha value is -2.22. The first-order valence-electron chi connectivity index (χ1n) is 6.62. The van der Waals surface area contributed by atoms with Gasteiger partial charge in [0.1, 0.15) is 5.75 Å². The zero-order chi connectivity index (χ0) is 12.8. The molecule has 4 rings (SSSR count). The molecule has 0 atom stereocenters. The number of ether oxygens (including phenoxy) is 1. The van der Waals surface area contributed by atoms with E-state index in [0.29, 0.717) is 0 Å². The van der Waals surface area contributed by atoms with Crippen LogP contribution in [0.5, 0.6) is 5.75 Å². The monoisotopic (exact) mass is 249 g/mol. The molecule has 0 fully saturated rings. The summed E-state index contributed by atoms with van der Waals surface area (Å²) in [6.07, 6.45) is 1.10. The van der Waals surface area contributed by atoms with Crippen LogP contribution in [0.2, 0.25) is 0 Å². The second-order valence-electron chi connectivity index (χ2n) is 5.01. The van der Waals surface area contributed by atoms with Gasteiger partial charge in [0.25, 0.3) is 0 Å². The number of hydrogen-bond acceptors (Lipinski definition) is 1. The Kier molecular flexibility index (Phi) is 2.18. The van der Waals surface area contributed by atoms with Gasteiger partial charge in [0.2, 0.25) is 0 Å². The fourth-order valence-electron chi connectivity index (χ4n) is 3.05. The van der Waals surface area contributed by atoms with Gasteiger partial charge in [-0.25, -0.2) is 0 Å². The van der Waals surface area contributed by atoms with Crippen LogP contribution in [0, 0.1) is 0 Å². The molecule has 1 aliphatic rings. The van der Waals surface area contributed by atoms with Crippen LogP contribution in [-0.2, 0) is 13.0 Å². The molecule has 0 N–H and O–H groups in total. The van der Waals surface area contributed by atoms with Crippen LogP contribution in [0.1, 0.15) is 5.56 Å². The number of aryl methyl sites for hydroxylation is 2. The van der Waals surface area contributed by atoms with Gasteiger partial charge in [-0.05, 0) is 30.2 Å². The largest absolute Gasteiger partial charge is 0.497 e. The van der Waals surface area contributed by atoms with Gasteiger partial charge in [-0.2, -0.15) is 0 Å². The van der Waals surface area contributed by atoms with Crippen molar-refractivity contribution in [3.63, 3.8) is 0 Å². The second kappa shape index (κ2) is 3.89. The summed E-state index contributed by atoms with van der Waals surface area (Å²) in [7, 11) is 1.72. The molecule has 94 valence electrons. The number of hydrogen-bond donors (Lipinski definition) is 0. The van der Waals surface area contributed by atoms with Gasteiger partial charge >= 0.3 is 0 Å². The number of nitrogens with zero attached hydrogens (tertiary/aromatic N) is 1. The summed E-state index contributed by atoms with van der Waals surface area (Å²) in [6, 6.07) is 17.3. The zero-order valence-electron chi connectivity index (χ0n) is 10.9. The van der Waals surface area contributed by atoms with Crippen molar-refractivity contribution in [3.8, 4) is 17.0 Å². The first kappa shape index (κ1) is 10.7. The molecule has 0 unspecified atom stereocenters. The van der Waals surface area contributed by atoms with E-state index in [1.165, 1.54) is 27.7 Å². The van der Waals surface area contributed by atoms with Crippen molar-refractivity contribution in [2.75, 3.05) is 7.11 Å². The Bertz CT molecular complexity index is 770. The number of rotatable bonds is 1. The van der Waals surface area contributed by atoms with Crippen molar-refractivity contribution in [1.82, 2.24) is 4.57 Å². The molecule has 2 heterocycles. The third kappa shape index (κ3) is 1.49. The van der Waals surface area contributed by atoms with Gasteiger partial charge in [-0.3, -0.25) is 0 Å². The van der Waals surface area contributed by atoms with Crippen LogP contribution in [0.3, 0.4) is 0 Å². The van der Waals surface area contributed by atoms with Crippen molar-refractivity contribution < 1.29 is 4.74 Å². The van der Waals surface area contributed by atoms with Crippen LogP contribution in [0.25, 0.3) is 22.2 Å². The zero-order valence-corrected chi connectivity index (χ0v) is 10.9. The Morgan fingerprint density at radius 2 is 1.95 bits per heavy atom. The molecule has 0 saturated heterocycles. The molecule has 0 bridgehead atoms. The quantitative estimate of drug-likeness (QED) is 0.638. The lowest BCUT2D eigenvalue weighted by Gasteiger charge is -2.19. The normalized spacial score (nSPS) is 13.1. The summed E-state index contributed by atoms with van der Waals surface area (Å²) < 4.78 is 7.74. The molecule has 3 aromatic rings. The molecule has 1 aliphatic heterocycles. The molecular weight excluding hydrogens is 234 g/mol. The third-order valence-electron chi connectivity index (χ3n) is 4.01. The highest BCUT2D eigenvalue weighted by atomic mass is 16.5. The first-order chi connectivity index (χ1) is 9.36. The van der Waals surface area contributed by atoms with E-state index in [-0.39, 0.29) is 0 Å². The highest BCUT2D eigenvalue weighted by molar-refractivity contribution is 5.89. The second-order valence-corrected chi connectivity index (χ2v) is 5.01. The smallest absolute Gasteiger partial charge is 0.120 e. The highest BCUT2D eigenvalue weighted by Crippen LogP contribution is 2.35. The van der Waals surface area contributed by atoms with Crippen LogP contribution in [-0.4, -0.2) is 11.7 Å². The van der Waals surface area contributed by atoms with E-state index >= 15 is 0 Å². The Labute approximate surface area is 112 Å². The SMILES string of the molecule is COc1ccc2cc3n(c2c1)CCc1ccccc1-3. The predicted molar refractivity (Wildman–Crippen MR) is 77.6 cm³/mol. The summed E-state index contributed by atoms with van der Waals surface area (Å²) in [4.78, 5) is 0. The fraction of sp³-hybridized carbons (Fsp3) is 0.176. The van der Waals surface area contributed by atoms with Gasteiger partial charge in [0.15, 0.2) is 0 Å². The maximum absolute atomic E-state index is 5.34. The molecule has 2 heteroatoms. The molecule has 1 aromatic heterocycles. The average molecular weight is 249 g/mol. The van der Waals surface area contributed by atoms with Gasteiger partial charge in [-0.15, -0.1) is 0 Å². The third-order valence-corrected chi connectivity index (χ3v) is 4.01. The highest BCUT2D eigenvalue weighted by Gasteiger charge is 2.18. The van der Waals surface area contributed by atoms with E-state index in [9.17, 15) is 0 Å². The van der Waals surface area contributed by atoms with Gasteiger partial charge in [-0.1, -0.05) is 24.3 Å². The lowest BCUT2D eigenvalue weighted by Crippen LogP contribution is -2.09. The molecule has 2 aromatic carbocycles. The van der Waals surface area contributed by atoms with Crippen molar-refractivity contribution in [2.24, 2.45) is 0 Å². The van der Waals surface area contributed by atoms with Gasteiger partial charge in [0.05, 0.1) is 12.6 Å². The maximum Gasteiger partial charge on any atom is 0.120 e. The molecule has 0 radical (unpaired) electrons. The molecule has 0 spiro atoms. The lowest BCUT2D eigenvalue weighted by molar-refractivity contribution is 0.415. The maximum atomic E-state index is 5.34. The Morgan fingerprint density at radius 3 is 2.84 bits per heavy atom. The molecule has 0 amide bonds. The minimum absolute atomic E-state index is 0.923. The first-order valence-corrected chi connectivity index (χ1v) is 6.62.